The molecule has 1 aromatic rings. The molecule has 1 aliphatic heterocycles. The lowest BCUT2D eigenvalue weighted by molar-refractivity contribution is -0.134. The highest BCUT2D eigenvalue weighted by Crippen LogP contribution is 2.20. The van der Waals surface area contributed by atoms with Gasteiger partial charge in [-0.2, -0.15) is 0 Å². The van der Waals surface area contributed by atoms with Crippen molar-refractivity contribution in [2.75, 3.05) is 13.1 Å². The zero-order valence-electron chi connectivity index (χ0n) is 14.1. The van der Waals surface area contributed by atoms with Crippen LogP contribution < -0.4 is 5.32 Å². The largest absolute Gasteiger partial charge is 0.336 e. The lowest BCUT2D eigenvalue weighted by Gasteiger charge is -2.30. The number of nitrogens with zero attached hydrogens (tertiary/aromatic N) is 1. The molecule has 1 aliphatic rings. The Morgan fingerprint density at radius 3 is 2.59 bits per heavy atom. The van der Waals surface area contributed by atoms with Crippen molar-refractivity contribution in [2.45, 2.75) is 58.5 Å². The molecule has 2 rings (SSSR count). The summed E-state index contributed by atoms with van der Waals surface area (Å²) in [6.45, 7) is 7.27. The second kappa shape index (κ2) is 8.94. The normalized spacial score (nSPS) is 17.2. The molecule has 0 saturated carbocycles. The number of nitrogens with one attached hydrogen (secondary N) is 1. The van der Waals surface area contributed by atoms with Gasteiger partial charge in [-0.3, -0.25) is 4.79 Å². The molecule has 0 spiro atoms. The van der Waals surface area contributed by atoms with Crippen LogP contribution in [0.5, 0.6) is 0 Å². The lowest BCUT2D eigenvalue weighted by atomic mass is 9.93. The van der Waals surface area contributed by atoms with Gasteiger partial charge in [0.25, 0.3) is 0 Å². The van der Waals surface area contributed by atoms with E-state index in [2.05, 4.69) is 36.2 Å². The van der Waals surface area contributed by atoms with Crippen LogP contribution in [0.25, 0.3) is 0 Å². The van der Waals surface area contributed by atoms with Crippen LogP contribution in [0.2, 0.25) is 0 Å². The monoisotopic (exact) mass is 302 g/mol. The Kier molecular flexibility index (Phi) is 6.91. The standard InChI is InChI=1S/C19H30N2O/c1-3-16(2)21(15-18-7-5-4-6-8-18)19(22)10-9-17-11-13-20-14-12-17/h4-8,16-17,20H,3,9-15H2,1-2H3. The number of hydrogen-bond donors (Lipinski definition) is 1. The zero-order chi connectivity index (χ0) is 15.8. The van der Waals surface area contributed by atoms with Crippen molar-refractivity contribution in [1.82, 2.24) is 10.2 Å². The minimum atomic E-state index is 0.306. The Balaban J connectivity index is 1.90. The summed E-state index contributed by atoms with van der Waals surface area (Å²) in [5.41, 5.74) is 1.22. The summed E-state index contributed by atoms with van der Waals surface area (Å²) in [4.78, 5) is 14.8. The first-order chi connectivity index (χ1) is 10.7. The molecule has 122 valence electrons. The fourth-order valence-corrected chi connectivity index (χ4v) is 3.13. The molecular weight excluding hydrogens is 272 g/mol. The van der Waals surface area contributed by atoms with Crippen LogP contribution in [-0.2, 0) is 11.3 Å². The zero-order valence-corrected chi connectivity index (χ0v) is 14.1. The van der Waals surface area contributed by atoms with Crippen molar-refractivity contribution in [3.63, 3.8) is 0 Å². The van der Waals surface area contributed by atoms with Crippen molar-refractivity contribution < 1.29 is 4.79 Å². The number of carbonyl (C=O) groups is 1. The number of amides is 1. The van der Waals surface area contributed by atoms with Crippen LogP contribution in [0.3, 0.4) is 0 Å². The summed E-state index contributed by atoms with van der Waals surface area (Å²) < 4.78 is 0. The van der Waals surface area contributed by atoms with Gasteiger partial charge in [0.05, 0.1) is 0 Å². The predicted octanol–water partition coefficient (Wildman–Crippen LogP) is 3.59. The van der Waals surface area contributed by atoms with Gasteiger partial charge in [0.2, 0.25) is 5.91 Å². The molecule has 22 heavy (non-hydrogen) atoms. The Labute approximate surface area is 135 Å². The van der Waals surface area contributed by atoms with E-state index in [1.54, 1.807) is 0 Å². The van der Waals surface area contributed by atoms with Crippen LogP contribution >= 0.6 is 0 Å². The number of carbonyl (C=O) groups excluding carboxylic acids is 1. The van der Waals surface area contributed by atoms with E-state index in [4.69, 9.17) is 0 Å². The minimum absolute atomic E-state index is 0.306. The predicted molar refractivity (Wildman–Crippen MR) is 91.6 cm³/mol. The highest BCUT2D eigenvalue weighted by atomic mass is 16.2. The van der Waals surface area contributed by atoms with Crippen LogP contribution in [0.4, 0.5) is 0 Å². The summed E-state index contributed by atoms with van der Waals surface area (Å²) in [5, 5.41) is 3.39. The fourth-order valence-electron chi connectivity index (χ4n) is 3.13. The first-order valence-corrected chi connectivity index (χ1v) is 8.74. The van der Waals surface area contributed by atoms with Crippen molar-refractivity contribution in [1.29, 1.82) is 0 Å². The van der Waals surface area contributed by atoms with Gasteiger partial charge in [-0.15, -0.1) is 0 Å². The quantitative estimate of drug-likeness (QED) is 0.835. The molecule has 3 nitrogen and oxygen atoms in total. The maximum absolute atomic E-state index is 12.7. The van der Waals surface area contributed by atoms with Gasteiger partial charge in [0.15, 0.2) is 0 Å². The average Bonchev–Trinajstić information content (AvgIpc) is 2.58. The third-order valence-corrected chi connectivity index (χ3v) is 4.86. The molecule has 1 saturated heterocycles. The molecule has 1 atom stereocenters. The van der Waals surface area contributed by atoms with E-state index >= 15 is 0 Å². The molecule has 1 N–H and O–H groups in total. The maximum Gasteiger partial charge on any atom is 0.223 e. The molecule has 1 fully saturated rings. The van der Waals surface area contributed by atoms with Gasteiger partial charge in [-0.25, -0.2) is 0 Å². The van der Waals surface area contributed by atoms with Crippen LogP contribution in [0.15, 0.2) is 30.3 Å². The van der Waals surface area contributed by atoms with E-state index in [1.165, 1.54) is 18.4 Å². The Morgan fingerprint density at radius 2 is 1.95 bits per heavy atom. The fraction of sp³-hybridized carbons (Fsp3) is 0.632. The van der Waals surface area contributed by atoms with Gasteiger partial charge >= 0.3 is 0 Å². The number of hydrogen-bond acceptors (Lipinski definition) is 2. The highest BCUT2D eigenvalue weighted by molar-refractivity contribution is 5.76. The van der Waals surface area contributed by atoms with E-state index < -0.39 is 0 Å². The average molecular weight is 302 g/mol. The minimum Gasteiger partial charge on any atom is -0.336 e. The smallest absolute Gasteiger partial charge is 0.223 e. The van der Waals surface area contributed by atoms with Gasteiger partial charge < -0.3 is 10.2 Å². The Bertz CT molecular complexity index is 440. The molecule has 0 radical (unpaired) electrons. The second-order valence-electron chi connectivity index (χ2n) is 6.50. The van der Waals surface area contributed by atoms with Crippen LogP contribution in [0.1, 0.15) is 51.5 Å². The van der Waals surface area contributed by atoms with E-state index in [0.29, 0.717) is 18.4 Å². The van der Waals surface area contributed by atoms with E-state index in [1.807, 2.05) is 18.2 Å². The first-order valence-electron chi connectivity index (χ1n) is 8.74. The molecule has 3 heteroatoms. The van der Waals surface area contributed by atoms with Crippen LogP contribution in [0, 0.1) is 5.92 Å². The maximum atomic E-state index is 12.7. The summed E-state index contributed by atoms with van der Waals surface area (Å²) >= 11 is 0. The molecular formula is C19H30N2O. The molecule has 0 aliphatic carbocycles. The second-order valence-corrected chi connectivity index (χ2v) is 6.50. The summed E-state index contributed by atoms with van der Waals surface area (Å²) in [6, 6.07) is 10.6. The molecule has 1 unspecified atom stereocenters. The number of rotatable bonds is 7. The van der Waals surface area contributed by atoms with Crippen molar-refractivity contribution in [3.8, 4) is 0 Å². The highest BCUT2D eigenvalue weighted by Gasteiger charge is 2.21. The van der Waals surface area contributed by atoms with Crippen LogP contribution in [-0.4, -0.2) is 29.9 Å². The Hall–Kier alpha value is -1.35. The molecule has 1 aromatic carbocycles. The van der Waals surface area contributed by atoms with E-state index in [9.17, 15) is 4.79 Å². The third kappa shape index (κ3) is 5.13. The third-order valence-electron chi connectivity index (χ3n) is 4.86. The van der Waals surface area contributed by atoms with Crippen molar-refractivity contribution >= 4 is 5.91 Å². The molecule has 1 amide bonds. The number of benzene rings is 1. The van der Waals surface area contributed by atoms with Gasteiger partial charge in [-0.1, -0.05) is 37.3 Å². The van der Waals surface area contributed by atoms with Crippen molar-refractivity contribution in [2.24, 2.45) is 5.92 Å². The lowest BCUT2D eigenvalue weighted by Crippen LogP contribution is -2.38. The SMILES string of the molecule is CCC(C)N(Cc1ccccc1)C(=O)CCC1CCNCC1. The summed E-state index contributed by atoms with van der Waals surface area (Å²) in [5.74, 6) is 1.04. The van der Waals surface area contributed by atoms with Gasteiger partial charge in [-0.05, 0) is 57.2 Å². The van der Waals surface area contributed by atoms with Gasteiger partial charge in [0.1, 0.15) is 0 Å². The number of piperidine rings is 1. The van der Waals surface area contributed by atoms with E-state index in [0.717, 1.165) is 38.4 Å². The molecule has 0 aromatic heterocycles. The van der Waals surface area contributed by atoms with Gasteiger partial charge in [0, 0.05) is 19.0 Å². The van der Waals surface area contributed by atoms with Crippen molar-refractivity contribution in [3.05, 3.63) is 35.9 Å². The molecule has 0 bridgehead atoms. The Morgan fingerprint density at radius 1 is 1.27 bits per heavy atom. The van der Waals surface area contributed by atoms with E-state index in [-0.39, 0.29) is 0 Å². The molecule has 1 heterocycles. The first kappa shape index (κ1) is 17.0. The summed E-state index contributed by atoms with van der Waals surface area (Å²) in [6.07, 6.45) is 5.18. The topological polar surface area (TPSA) is 32.3 Å². The summed E-state index contributed by atoms with van der Waals surface area (Å²) in [7, 11) is 0.